The lowest BCUT2D eigenvalue weighted by molar-refractivity contribution is -0.276. The molecule has 2 heterocycles. The molecule has 3 aromatic carbocycles. The zero-order valence-electron chi connectivity index (χ0n) is 27.5. The third kappa shape index (κ3) is 8.02. The molecule has 1 aliphatic carbocycles. The Bertz CT molecular complexity index is 1580. The van der Waals surface area contributed by atoms with E-state index in [4.69, 9.17) is 44.3 Å². The van der Waals surface area contributed by atoms with Gasteiger partial charge in [0.15, 0.2) is 6.29 Å². The number of ether oxygens (including phenoxy) is 2. The number of aliphatic hydroxyl groups excluding tert-OH is 1. The second kappa shape index (κ2) is 13.6. The molecule has 2 unspecified atom stereocenters. The van der Waals surface area contributed by atoms with Crippen LogP contribution in [0.1, 0.15) is 81.6 Å². The van der Waals surface area contributed by atoms with Crippen LogP contribution in [0.4, 0.5) is 0 Å². The molecule has 2 saturated heterocycles. The van der Waals surface area contributed by atoms with Gasteiger partial charge in [0.25, 0.3) is 9.70 Å². The van der Waals surface area contributed by atoms with Gasteiger partial charge in [-0.05, 0) is 70.0 Å². The molecule has 3 aliphatic rings. The lowest BCUT2D eigenvalue weighted by atomic mass is 9.65. The Labute approximate surface area is 293 Å². The van der Waals surface area contributed by atoms with E-state index in [2.05, 4.69) is 68.2 Å². The maximum absolute atomic E-state index is 12.1. The van der Waals surface area contributed by atoms with Crippen molar-refractivity contribution in [2.24, 2.45) is 16.7 Å². The Morgan fingerprint density at radius 2 is 1.64 bits per heavy atom. The van der Waals surface area contributed by atoms with Gasteiger partial charge in [0, 0.05) is 37.2 Å². The Morgan fingerprint density at radius 1 is 0.936 bits per heavy atom. The fraction of sp³-hybridized carbons (Fsp3) is 0.500. The third-order valence-corrected chi connectivity index (χ3v) is 10.7. The number of halogens is 3. The first-order chi connectivity index (χ1) is 22.2. The van der Waals surface area contributed by atoms with E-state index in [-0.39, 0.29) is 31.3 Å². The Morgan fingerprint density at radius 3 is 2.34 bits per heavy atom. The van der Waals surface area contributed by atoms with Crippen LogP contribution in [0.5, 0.6) is 0 Å². The maximum Gasteiger partial charge on any atom is 0.272 e. The molecular formula is C38H45Cl3N2O4. The number of amides is 1. The van der Waals surface area contributed by atoms with Crippen LogP contribution >= 0.6 is 34.8 Å². The molecule has 0 aromatic heterocycles. The molecule has 2 aliphatic heterocycles. The second-order valence-corrected chi connectivity index (χ2v) is 17.3. The molecule has 0 spiro atoms. The number of hydrogen-bond acceptors (Lipinski definition) is 5. The molecule has 2 N–H and O–H groups in total. The summed E-state index contributed by atoms with van der Waals surface area (Å²) < 4.78 is 11.7. The molecule has 6 rings (SSSR count). The number of nitrogens with zero attached hydrogens (tertiary/aromatic N) is 1. The first-order valence-corrected chi connectivity index (χ1v) is 17.6. The summed E-state index contributed by atoms with van der Waals surface area (Å²) in [7, 11) is 0. The minimum Gasteiger partial charge on any atom is -0.392 e. The van der Waals surface area contributed by atoms with E-state index in [0.717, 1.165) is 46.5 Å². The molecule has 6 nitrogen and oxygen atoms in total. The summed E-state index contributed by atoms with van der Waals surface area (Å²) in [4.78, 5) is 14.8. The highest BCUT2D eigenvalue weighted by Gasteiger charge is 2.51. The number of rotatable bonds is 8. The van der Waals surface area contributed by atoms with Crippen molar-refractivity contribution in [3.05, 3.63) is 95.1 Å². The summed E-state index contributed by atoms with van der Waals surface area (Å²) in [5, 5.41) is 12.3. The van der Waals surface area contributed by atoms with Crippen LogP contribution in [-0.2, 0) is 27.4 Å². The molecule has 9 heteroatoms. The maximum atomic E-state index is 12.1. The van der Waals surface area contributed by atoms with Crippen molar-refractivity contribution in [3.8, 4) is 11.1 Å². The largest absolute Gasteiger partial charge is 0.392 e. The molecule has 1 amide bonds. The van der Waals surface area contributed by atoms with E-state index in [0.29, 0.717) is 16.9 Å². The normalized spacial score (nSPS) is 29.1. The van der Waals surface area contributed by atoms with Crippen LogP contribution in [0, 0.1) is 16.7 Å². The average Bonchev–Trinajstić information content (AvgIpc) is 3.27. The Hall–Kier alpha value is -2.16. The number of aliphatic hydroxyl groups is 1. The molecule has 2 bridgehead atoms. The van der Waals surface area contributed by atoms with Gasteiger partial charge in [-0.2, -0.15) is 0 Å². The van der Waals surface area contributed by atoms with Gasteiger partial charge in [0.05, 0.1) is 18.8 Å². The van der Waals surface area contributed by atoms with Crippen molar-refractivity contribution in [2.75, 3.05) is 13.1 Å². The molecule has 3 fully saturated rings. The molecule has 1 saturated carbocycles. The van der Waals surface area contributed by atoms with E-state index >= 15 is 0 Å². The standard InChI is InChI=1S/C38H45Cl3N2O4/c1-24-32(20-43-23-37(4)18-31(43)17-36(2,3)22-37)46-34(47-33(24)27-13-11-25(21-44)12-14-27)30-10-6-9-29(16-30)28-8-5-7-26(15-28)19-42-35(45)38(39,40)41/h5-16,24,31-34,44H,17-23H2,1-4H3,(H,42,45)/t24-,31?,32+,33+,34+,37?/m1/s1. The molecule has 0 radical (unpaired) electrons. The van der Waals surface area contributed by atoms with E-state index in [1.165, 1.54) is 19.3 Å². The lowest BCUT2D eigenvalue weighted by Crippen LogP contribution is -2.46. The van der Waals surface area contributed by atoms with Gasteiger partial charge >= 0.3 is 0 Å². The van der Waals surface area contributed by atoms with Crippen LogP contribution in [0.2, 0.25) is 0 Å². The van der Waals surface area contributed by atoms with Crippen LogP contribution in [0.15, 0.2) is 72.8 Å². The smallest absolute Gasteiger partial charge is 0.272 e. The predicted octanol–water partition coefficient (Wildman–Crippen LogP) is 8.52. The first-order valence-electron chi connectivity index (χ1n) is 16.5. The highest BCUT2D eigenvalue weighted by molar-refractivity contribution is 6.76. The van der Waals surface area contributed by atoms with E-state index < -0.39 is 16.0 Å². The summed E-state index contributed by atoms with van der Waals surface area (Å²) in [6.45, 7) is 11.7. The van der Waals surface area contributed by atoms with Gasteiger partial charge in [0.1, 0.15) is 0 Å². The van der Waals surface area contributed by atoms with Crippen LogP contribution in [0.3, 0.4) is 0 Å². The fourth-order valence-electron chi connectivity index (χ4n) is 8.36. The summed E-state index contributed by atoms with van der Waals surface area (Å²) in [5.74, 6) is -0.545. The van der Waals surface area contributed by atoms with Gasteiger partial charge in [-0.3, -0.25) is 9.69 Å². The monoisotopic (exact) mass is 698 g/mol. The van der Waals surface area contributed by atoms with Gasteiger partial charge in [-0.15, -0.1) is 0 Å². The van der Waals surface area contributed by atoms with E-state index in [9.17, 15) is 9.90 Å². The highest BCUT2D eigenvalue weighted by atomic mass is 35.6. The first kappa shape index (κ1) is 34.7. The minimum atomic E-state index is -2.01. The van der Waals surface area contributed by atoms with E-state index in [1.54, 1.807) is 0 Å². The number of nitrogens with one attached hydrogen (secondary N) is 1. The zero-order chi connectivity index (χ0) is 33.6. The number of alkyl halides is 3. The van der Waals surface area contributed by atoms with E-state index in [1.807, 2.05) is 42.5 Å². The molecular weight excluding hydrogens is 655 g/mol. The Balaban J connectivity index is 1.26. The number of fused-ring (bicyclic) bond motifs is 2. The number of benzene rings is 3. The second-order valence-electron chi connectivity index (χ2n) is 15.0. The van der Waals surface area contributed by atoms with Crippen LogP contribution < -0.4 is 5.32 Å². The molecule has 252 valence electrons. The SMILES string of the molecule is C[C@@H]1[C@H](CN2CC3(C)CC2CC(C)(C)C3)O[C@H](c2cccc(-c3cccc(CNC(=O)C(Cl)(Cl)Cl)c3)c2)O[C@@H]1c1ccc(CO)cc1. The van der Waals surface area contributed by atoms with Crippen molar-refractivity contribution >= 4 is 40.7 Å². The van der Waals surface area contributed by atoms with Gasteiger partial charge in [-0.1, -0.05) is 123 Å². The molecule has 3 aromatic rings. The number of carbonyl (C=O) groups is 1. The average molecular weight is 700 g/mol. The van der Waals surface area contributed by atoms with Crippen molar-refractivity contribution in [1.82, 2.24) is 10.2 Å². The number of carbonyl (C=O) groups excluding carboxylic acids is 1. The van der Waals surface area contributed by atoms with Gasteiger partial charge in [0.2, 0.25) is 0 Å². The van der Waals surface area contributed by atoms with Crippen LogP contribution in [0.25, 0.3) is 11.1 Å². The van der Waals surface area contributed by atoms with Gasteiger partial charge < -0.3 is 19.9 Å². The predicted molar refractivity (Wildman–Crippen MR) is 188 cm³/mol. The zero-order valence-corrected chi connectivity index (χ0v) is 29.8. The minimum absolute atomic E-state index is 0.00838. The number of likely N-dealkylation sites (tertiary alicyclic amines) is 1. The fourth-order valence-corrected chi connectivity index (χ4v) is 8.56. The van der Waals surface area contributed by atoms with Crippen molar-refractivity contribution in [3.63, 3.8) is 0 Å². The molecule has 6 atom stereocenters. The Kier molecular flexibility index (Phi) is 10.1. The quantitative estimate of drug-likeness (QED) is 0.231. The van der Waals surface area contributed by atoms with Crippen molar-refractivity contribution < 1.29 is 19.4 Å². The topological polar surface area (TPSA) is 71.0 Å². The number of hydrogen-bond donors (Lipinski definition) is 2. The highest BCUT2D eigenvalue weighted by Crippen LogP contribution is 2.53. The van der Waals surface area contributed by atoms with Crippen molar-refractivity contribution in [2.45, 2.75) is 88.4 Å². The summed E-state index contributed by atoms with van der Waals surface area (Å²) in [5.41, 5.74) is 6.47. The summed E-state index contributed by atoms with van der Waals surface area (Å²) in [6, 6.07) is 24.8. The summed E-state index contributed by atoms with van der Waals surface area (Å²) >= 11 is 17.2. The summed E-state index contributed by atoms with van der Waals surface area (Å²) in [6.07, 6.45) is 2.96. The van der Waals surface area contributed by atoms with Crippen molar-refractivity contribution in [1.29, 1.82) is 0 Å². The molecule has 47 heavy (non-hydrogen) atoms. The third-order valence-electron chi connectivity index (χ3n) is 10.2. The van der Waals surface area contributed by atoms with Crippen LogP contribution in [-0.4, -0.2) is 44.9 Å². The lowest BCUT2D eigenvalue weighted by Gasteiger charge is -2.43. The van der Waals surface area contributed by atoms with Gasteiger partial charge in [-0.25, -0.2) is 0 Å².